The second kappa shape index (κ2) is 6.07. The first-order valence-electron chi connectivity index (χ1n) is 6.49. The summed E-state index contributed by atoms with van der Waals surface area (Å²) in [6.45, 7) is 0.429. The van der Waals surface area contributed by atoms with Crippen LogP contribution in [0.3, 0.4) is 0 Å². The fourth-order valence-corrected chi connectivity index (χ4v) is 3.20. The second-order valence-corrected chi connectivity index (χ2v) is 7.03. The number of sulfonamides is 1. The molecule has 1 heterocycles. The Morgan fingerprint density at radius 3 is 2.76 bits per heavy atom. The van der Waals surface area contributed by atoms with E-state index in [1.54, 1.807) is 0 Å². The van der Waals surface area contributed by atoms with E-state index in [4.69, 9.17) is 0 Å². The van der Waals surface area contributed by atoms with Crippen molar-refractivity contribution >= 4 is 21.6 Å². The lowest BCUT2D eigenvalue weighted by atomic mass is 9.98. The van der Waals surface area contributed by atoms with Crippen LogP contribution in [0.25, 0.3) is 0 Å². The molecule has 1 amide bonds. The van der Waals surface area contributed by atoms with Crippen LogP contribution in [0.5, 0.6) is 0 Å². The highest BCUT2D eigenvalue weighted by molar-refractivity contribution is 7.88. The highest BCUT2D eigenvalue weighted by Gasteiger charge is 2.30. The topological polar surface area (TPSA) is 66.5 Å². The molecule has 116 valence electrons. The van der Waals surface area contributed by atoms with E-state index in [2.05, 4.69) is 5.32 Å². The molecular weight excluding hydrogens is 302 g/mol. The van der Waals surface area contributed by atoms with Crippen LogP contribution in [0.1, 0.15) is 12.8 Å². The van der Waals surface area contributed by atoms with Gasteiger partial charge in [0, 0.05) is 13.1 Å². The minimum Gasteiger partial charge on any atom is -0.323 e. The van der Waals surface area contributed by atoms with Crippen molar-refractivity contribution < 1.29 is 22.0 Å². The molecule has 1 fully saturated rings. The van der Waals surface area contributed by atoms with E-state index < -0.39 is 33.5 Å². The average molecular weight is 318 g/mol. The maximum atomic E-state index is 13.5. The van der Waals surface area contributed by atoms with Gasteiger partial charge < -0.3 is 5.32 Å². The number of halogens is 2. The number of hydrogen-bond donors (Lipinski definition) is 1. The van der Waals surface area contributed by atoms with Crippen LogP contribution < -0.4 is 5.32 Å². The van der Waals surface area contributed by atoms with Crippen LogP contribution in [0.4, 0.5) is 14.5 Å². The van der Waals surface area contributed by atoms with Crippen molar-refractivity contribution in [3.05, 3.63) is 29.8 Å². The largest absolute Gasteiger partial charge is 0.323 e. The van der Waals surface area contributed by atoms with E-state index >= 15 is 0 Å². The summed E-state index contributed by atoms with van der Waals surface area (Å²) in [5.41, 5.74) is -0.239. The molecule has 1 aromatic carbocycles. The zero-order valence-corrected chi connectivity index (χ0v) is 12.3. The zero-order valence-electron chi connectivity index (χ0n) is 11.5. The molecule has 0 radical (unpaired) electrons. The molecule has 1 N–H and O–H groups in total. The standard InChI is InChI=1S/C13H16F2N2O3S/c1-21(19,20)17-7-3-4-9(8-17)13(18)16-11-6-2-5-10(14)12(11)15/h2,5-6,9H,3-4,7-8H2,1H3,(H,16,18)/t9-/m0/s1. The van der Waals surface area contributed by atoms with Crippen LogP contribution in [-0.2, 0) is 14.8 Å². The van der Waals surface area contributed by atoms with Crippen LogP contribution in [-0.4, -0.2) is 38.0 Å². The number of nitrogens with zero attached hydrogens (tertiary/aromatic N) is 1. The Kier molecular flexibility index (Phi) is 4.58. The van der Waals surface area contributed by atoms with Gasteiger partial charge >= 0.3 is 0 Å². The van der Waals surface area contributed by atoms with Gasteiger partial charge in [-0.2, -0.15) is 0 Å². The number of amides is 1. The normalized spacial score (nSPS) is 20.2. The molecule has 2 rings (SSSR count). The Morgan fingerprint density at radius 1 is 1.38 bits per heavy atom. The summed E-state index contributed by atoms with van der Waals surface area (Å²) in [5, 5.41) is 2.32. The molecule has 0 unspecified atom stereocenters. The van der Waals surface area contributed by atoms with Crippen LogP contribution in [0.15, 0.2) is 18.2 Å². The van der Waals surface area contributed by atoms with E-state index in [1.165, 1.54) is 16.4 Å². The van der Waals surface area contributed by atoms with Crippen molar-refractivity contribution in [2.24, 2.45) is 5.92 Å². The Morgan fingerprint density at radius 2 is 2.10 bits per heavy atom. The summed E-state index contributed by atoms with van der Waals surface area (Å²) < 4.78 is 50.8. The number of rotatable bonds is 3. The van der Waals surface area contributed by atoms with Gasteiger partial charge in [-0.3, -0.25) is 4.79 Å². The molecular formula is C13H16F2N2O3S. The number of benzene rings is 1. The Hall–Kier alpha value is -1.54. The Bertz CT molecular complexity index is 649. The Balaban J connectivity index is 2.08. The average Bonchev–Trinajstić information content (AvgIpc) is 2.43. The quantitative estimate of drug-likeness (QED) is 0.920. The number of carbonyl (C=O) groups excluding carboxylic acids is 1. The van der Waals surface area contributed by atoms with E-state index in [0.29, 0.717) is 19.4 Å². The van der Waals surface area contributed by atoms with Gasteiger partial charge in [-0.05, 0) is 25.0 Å². The summed E-state index contributed by atoms with van der Waals surface area (Å²) >= 11 is 0. The van der Waals surface area contributed by atoms with Crippen molar-refractivity contribution in [3.8, 4) is 0 Å². The lowest BCUT2D eigenvalue weighted by Gasteiger charge is -2.30. The van der Waals surface area contributed by atoms with E-state index in [0.717, 1.165) is 12.3 Å². The second-order valence-electron chi connectivity index (χ2n) is 5.05. The molecule has 0 aromatic heterocycles. The first-order chi connectivity index (χ1) is 9.79. The number of nitrogens with one attached hydrogen (secondary N) is 1. The predicted octanol–water partition coefficient (Wildman–Crippen LogP) is 1.57. The molecule has 1 atom stereocenters. The van der Waals surface area contributed by atoms with Crippen molar-refractivity contribution in [3.63, 3.8) is 0 Å². The highest BCUT2D eigenvalue weighted by Crippen LogP contribution is 2.22. The SMILES string of the molecule is CS(=O)(=O)N1CCC[C@H](C(=O)Nc2cccc(F)c2F)C1. The molecule has 1 aliphatic heterocycles. The Labute approximate surface area is 122 Å². The fraction of sp³-hybridized carbons (Fsp3) is 0.462. The number of hydrogen-bond acceptors (Lipinski definition) is 3. The first-order valence-corrected chi connectivity index (χ1v) is 8.34. The minimum atomic E-state index is -3.36. The summed E-state index contributed by atoms with van der Waals surface area (Å²) in [7, 11) is -3.36. The number of piperidine rings is 1. The van der Waals surface area contributed by atoms with Gasteiger partial charge in [0.05, 0.1) is 17.9 Å². The third-order valence-electron chi connectivity index (χ3n) is 3.43. The van der Waals surface area contributed by atoms with Gasteiger partial charge in [-0.15, -0.1) is 0 Å². The third-order valence-corrected chi connectivity index (χ3v) is 4.70. The van der Waals surface area contributed by atoms with Gasteiger partial charge in [0.15, 0.2) is 11.6 Å². The van der Waals surface area contributed by atoms with Crippen molar-refractivity contribution in [2.75, 3.05) is 24.7 Å². The summed E-state index contributed by atoms with van der Waals surface area (Å²) in [4.78, 5) is 12.1. The highest BCUT2D eigenvalue weighted by atomic mass is 32.2. The van der Waals surface area contributed by atoms with Gasteiger partial charge in [0.2, 0.25) is 15.9 Å². The van der Waals surface area contributed by atoms with E-state index in [1.807, 2.05) is 0 Å². The third kappa shape index (κ3) is 3.76. The summed E-state index contributed by atoms with van der Waals surface area (Å²) in [6, 6.07) is 3.50. The molecule has 0 spiro atoms. The smallest absolute Gasteiger partial charge is 0.228 e. The minimum absolute atomic E-state index is 0.0571. The number of anilines is 1. The molecule has 0 bridgehead atoms. The molecule has 5 nitrogen and oxygen atoms in total. The number of carbonyl (C=O) groups is 1. The fourth-order valence-electron chi connectivity index (χ4n) is 2.29. The van der Waals surface area contributed by atoms with Gasteiger partial charge in [-0.1, -0.05) is 6.07 Å². The van der Waals surface area contributed by atoms with Gasteiger partial charge in [-0.25, -0.2) is 21.5 Å². The molecule has 1 aliphatic rings. The van der Waals surface area contributed by atoms with Crippen LogP contribution in [0, 0.1) is 17.6 Å². The summed E-state index contributed by atoms with van der Waals surface area (Å²) in [6.07, 6.45) is 2.14. The van der Waals surface area contributed by atoms with Crippen molar-refractivity contribution in [1.29, 1.82) is 0 Å². The molecule has 1 saturated heterocycles. The predicted molar refractivity (Wildman–Crippen MR) is 74.1 cm³/mol. The molecule has 0 saturated carbocycles. The van der Waals surface area contributed by atoms with Crippen molar-refractivity contribution in [2.45, 2.75) is 12.8 Å². The molecule has 8 heteroatoms. The van der Waals surface area contributed by atoms with E-state index in [9.17, 15) is 22.0 Å². The zero-order chi connectivity index (χ0) is 15.6. The first kappa shape index (κ1) is 15.8. The lowest BCUT2D eigenvalue weighted by Crippen LogP contribution is -2.43. The van der Waals surface area contributed by atoms with Crippen LogP contribution >= 0.6 is 0 Å². The van der Waals surface area contributed by atoms with Crippen molar-refractivity contribution in [1.82, 2.24) is 4.31 Å². The molecule has 21 heavy (non-hydrogen) atoms. The van der Waals surface area contributed by atoms with Gasteiger partial charge in [0.1, 0.15) is 0 Å². The van der Waals surface area contributed by atoms with Gasteiger partial charge in [0.25, 0.3) is 0 Å². The molecule has 0 aliphatic carbocycles. The van der Waals surface area contributed by atoms with Crippen LogP contribution in [0.2, 0.25) is 0 Å². The maximum Gasteiger partial charge on any atom is 0.228 e. The lowest BCUT2D eigenvalue weighted by molar-refractivity contribution is -0.120. The monoisotopic (exact) mass is 318 g/mol. The molecule has 1 aromatic rings. The maximum absolute atomic E-state index is 13.5. The summed E-state index contributed by atoms with van der Waals surface area (Å²) in [5.74, 6) is -3.25. The van der Waals surface area contributed by atoms with E-state index in [-0.39, 0.29) is 12.2 Å².